The quantitative estimate of drug-likeness (QED) is 0.324. The van der Waals surface area contributed by atoms with Gasteiger partial charge in [-0.25, -0.2) is 0 Å². The molecular weight excluding hydrogens is 458 g/mol. The molecular formula is C24H26ClN5O2S. The summed E-state index contributed by atoms with van der Waals surface area (Å²) >= 11 is 7.27. The molecule has 1 N–H and O–H groups in total. The number of carbonyl (C=O) groups excluding carboxylic acids is 2. The molecule has 0 unspecified atom stereocenters. The Morgan fingerprint density at radius 3 is 2.36 bits per heavy atom. The van der Waals surface area contributed by atoms with Crippen LogP contribution in [0.2, 0.25) is 5.02 Å². The van der Waals surface area contributed by atoms with Crippen molar-refractivity contribution in [3.63, 3.8) is 0 Å². The molecule has 3 aromatic rings. The highest BCUT2D eigenvalue weighted by Crippen LogP contribution is 2.25. The number of amides is 2. The lowest BCUT2D eigenvalue weighted by Gasteiger charge is -2.18. The molecule has 1 aromatic heterocycles. The highest BCUT2D eigenvalue weighted by molar-refractivity contribution is 7.99. The number of hydrogen-bond donors (Lipinski definition) is 1. The summed E-state index contributed by atoms with van der Waals surface area (Å²) in [5, 5.41) is 12.7. The third kappa shape index (κ3) is 6.24. The van der Waals surface area contributed by atoms with Gasteiger partial charge in [-0.05, 0) is 62.4 Å². The van der Waals surface area contributed by atoms with Crippen LogP contribution in [-0.4, -0.2) is 50.3 Å². The van der Waals surface area contributed by atoms with E-state index in [1.807, 2.05) is 30.5 Å². The zero-order chi connectivity index (χ0) is 23.8. The van der Waals surface area contributed by atoms with Crippen molar-refractivity contribution >= 4 is 40.9 Å². The van der Waals surface area contributed by atoms with Gasteiger partial charge in [0.1, 0.15) is 0 Å². The lowest BCUT2D eigenvalue weighted by molar-refractivity contribution is -0.113. The first kappa shape index (κ1) is 24.5. The zero-order valence-corrected chi connectivity index (χ0v) is 20.2. The second kappa shape index (κ2) is 11.7. The predicted molar refractivity (Wildman–Crippen MR) is 134 cm³/mol. The van der Waals surface area contributed by atoms with Gasteiger partial charge in [0.05, 0.1) is 5.75 Å². The van der Waals surface area contributed by atoms with E-state index >= 15 is 0 Å². The van der Waals surface area contributed by atoms with E-state index < -0.39 is 0 Å². The topological polar surface area (TPSA) is 80.1 Å². The third-order valence-electron chi connectivity index (χ3n) is 4.93. The minimum absolute atomic E-state index is 0.0218. The summed E-state index contributed by atoms with van der Waals surface area (Å²) < 4.78 is 1.90. The lowest BCUT2D eigenvalue weighted by Crippen LogP contribution is -2.30. The molecule has 1 heterocycles. The van der Waals surface area contributed by atoms with E-state index in [-0.39, 0.29) is 17.6 Å². The number of thioether (sulfide) groups is 1. The van der Waals surface area contributed by atoms with E-state index in [0.717, 1.165) is 5.56 Å². The van der Waals surface area contributed by atoms with E-state index in [4.69, 9.17) is 11.6 Å². The molecule has 0 spiro atoms. The van der Waals surface area contributed by atoms with Crippen LogP contribution in [0.15, 0.2) is 66.3 Å². The number of hydrogen-bond acceptors (Lipinski definition) is 5. The van der Waals surface area contributed by atoms with Gasteiger partial charge in [-0.1, -0.05) is 29.4 Å². The average Bonchev–Trinajstić information content (AvgIpc) is 3.22. The van der Waals surface area contributed by atoms with Crippen LogP contribution in [0.5, 0.6) is 0 Å². The van der Waals surface area contributed by atoms with Crippen LogP contribution in [0.25, 0.3) is 11.4 Å². The first-order valence-corrected chi connectivity index (χ1v) is 11.9. The number of rotatable bonds is 10. The Morgan fingerprint density at radius 2 is 1.76 bits per heavy atom. The maximum atomic E-state index is 12.5. The molecule has 9 heteroatoms. The van der Waals surface area contributed by atoms with Gasteiger partial charge < -0.3 is 10.2 Å². The van der Waals surface area contributed by atoms with Crippen molar-refractivity contribution < 1.29 is 9.59 Å². The molecule has 0 atom stereocenters. The fourth-order valence-electron chi connectivity index (χ4n) is 3.22. The Labute approximate surface area is 202 Å². The maximum absolute atomic E-state index is 12.5. The highest BCUT2D eigenvalue weighted by Gasteiger charge is 2.16. The van der Waals surface area contributed by atoms with Gasteiger partial charge in [0, 0.05) is 41.5 Å². The van der Waals surface area contributed by atoms with Crippen molar-refractivity contribution in [3.05, 3.63) is 71.8 Å². The molecule has 2 amide bonds. The van der Waals surface area contributed by atoms with Crippen molar-refractivity contribution in [3.8, 4) is 11.4 Å². The van der Waals surface area contributed by atoms with Gasteiger partial charge in [-0.15, -0.1) is 16.8 Å². The van der Waals surface area contributed by atoms with Crippen molar-refractivity contribution in [1.29, 1.82) is 0 Å². The van der Waals surface area contributed by atoms with Crippen LogP contribution in [0.4, 0.5) is 5.69 Å². The fourth-order valence-corrected chi connectivity index (χ4v) is 4.09. The Balaban J connectivity index is 1.63. The maximum Gasteiger partial charge on any atom is 0.253 e. The summed E-state index contributed by atoms with van der Waals surface area (Å²) in [6.07, 6.45) is 1.76. The Morgan fingerprint density at radius 1 is 1.09 bits per heavy atom. The summed E-state index contributed by atoms with van der Waals surface area (Å²) in [7, 11) is 0. The summed E-state index contributed by atoms with van der Waals surface area (Å²) in [4.78, 5) is 26.7. The van der Waals surface area contributed by atoms with Crippen LogP contribution < -0.4 is 5.32 Å². The standard InChI is InChI=1S/C24H26ClN5O2S/c1-4-15-30-22(17-7-11-19(25)12-8-17)27-28-24(30)33-16-21(31)26-20-13-9-18(10-14-20)23(32)29(5-2)6-3/h4,7-14H,1,5-6,15-16H2,2-3H3,(H,26,31). The number of halogens is 1. The Hall–Kier alpha value is -3.10. The lowest BCUT2D eigenvalue weighted by atomic mass is 10.2. The molecule has 0 fully saturated rings. The van der Waals surface area contributed by atoms with E-state index in [1.54, 1.807) is 47.4 Å². The van der Waals surface area contributed by atoms with E-state index in [0.29, 0.717) is 46.9 Å². The minimum Gasteiger partial charge on any atom is -0.339 e. The van der Waals surface area contributed by atoms with Crippen LogP contribution in [0, 0.1) is 0 Å². The number of carbonyl (C=O) groups is 2. The number of benzene rings is 2. The largest absolute Gasteiger partial charge is 0.339 e. The van der Waals surface area contributed by atoms with E-state index in [1.165, 1.54) is 11.8 Å². The molecule has 0 radical (unpaired) electrons. The van der Waals surface area contributed by atoms with Crippen molar-refractivity contribution in [2.75, 3.05) is 24.2 Å². The SMILES string of the molecule is C=CCn1c(SCC(=O)Nc2ccc(C(=O)N(CC)CC)cc2)nnc1-c1ccc(Cl)cc1. The molecule has 2 aromatic carbocycles. The van der Waals surface area contributed by atoms with E-state index in [2.05, 4.69) is 22.1 Å². The first-order valence-electron chi connectivity index (χ1n) is 10.6. The van der Waals surface area contributed by atoms with Crippen LogP contribution in [0.1, 0.15) is 24.2 Å². The molecule has 0 saturated carbocycles. The van der Waals surface area contributed by atoms with Gasteiger partial charge in [0.15, 0.2) is 11.0 Å². The number of nitrogens with one attached hydrogen (secondary N) is 1. The normalized spacial score (nSPS) is 10.6. The number of nitrogens with zero attached hydrogens (tertiary/aromatic N) is 4. The van der Waals surface area contributed by atoms with Crippen molar-refractivity contribution in [1.82, 2.24) is 19.7 Å². The summed E-state index contributed by atoms with van der Waals surface area (Å²) in [5.41, 5.74) is 2.11. The first-order chi connectivity index (χ1) is 16.0. The van der Waals surface area contributed by atoms with Gasteiger partial charge in [-0.3, -0.25) is 14.2 Å². The second-order valence-corrected chi connectivity index (χ2v) is 8.48. The number of allylic oxidation sites excluding steroid dienone is 1. The summed E-state index contributed by atoms with van der Waals surface area (Å²) in [6, 6.07) is 14.3. The summed E-state index contributed by atoms with van der Waals surface area (Å²) in [5.74, 6) is 0.647. The zero-order valence-electron chi connectivity index (χ0n) is 18.6. The predicted octanol–water partition coefficient (Wildman–Crippen LogP) is 5.00. The molecule has 0 saturated heterocycles. The monoisotopic (exact) mass is 483 g/mol. The molecule has 0 aliphatic carbocycles. The van der Waals surface area contributed by atoms with Crippen molar-refractivity contribution in [2.24, 2.45) is 0 Å². The molecule has 3 rings (SSSR count). The number of aromatic nitrogens is 3. The van der Waals surface area contributed by atoms with Crippen molar-refractivity contribution in [2.45, 2.75) is 25.5 Å². The molecule has 33 heavy (non-hydrogen) atoms. The van der Waals surface area contributed by atoms with Crippen LogP contribution >= 0.6 is 23.4 Å². The van der Waals surface area contributed by atoms with Gasteiger partial charge in [-0.2, -0.15) is 0 Å². The Kier molecular flexibility index (Phi) is 8.68. The molecule has 0 bridgehead atoms. The second-order valence-electron chi connectivity index (χ2n) is 7.10. The molecule has 0 aliphatic rings. The number of anilines is 1. The van der Waals surface area contributed by atoms with Gasteiger partial charge in [0.25, 0.3) is 5.91 Å². The minimum atomic E-state index is -0.177. The smallest absolute Gasteiger partial charge is 0.253 e. The molecule has 0 aliphatic heterocycles. The highest BCUT2D eigenvalue weighted by atomic mass is 35.5. The van der Waals surface area contributed by atoms with Crippen LogP contribution in [-0.2, 0) is 11.3 Å². The van der Waals surface area contributed by atoms with Crippen LogP contribution in [0.3, 0.4) is 0 Å². The molecule has 172 valence electrons. The van der Waals surface area contributed by atoms with E-state index in [9.17, 15) is 9.59 Å². The summed E-state index contributed by atoms with van der Waals surface area (Å²) in [6.45, 7) is 9.52. The average molecular weight is 484 g/mol. The van der Waals surface area contributed by atoms with Gasteiger partial charge in [0.2, 0.25) is 5.91 Å². The molecule has 7 nitrogen and oxygen atoms in total. The van der Waals surface area contributed by atoms with Gasteiger partial charge >= 0.3 is 0 Å². The fraction of sp³-hybridized carbons (Fsp3) is 0.250. The Bertz CT molecular complexity index is 1110. The third-order valence-corrected chi connectivity index (χ3v) is 6.15.